The number of aliphatic hydroxyl groups is 2. The van der Waals surface area contributed by atoms with Gasteiger partial charge in [0.25, 0.3) is 0 Å². The number of hydrogen-bond donors (Lipinski definition) is 7. The summed E-state index contributed by atoms with van der Waals surface area (Å²) in [6, 6.07) is 0. The van der Waals surface area contributed by atoms with Crippen LogP contribution < -0.4 is 0 Å². The van der Waals surface area contributed by atoms with E-state index in [2.05, 4.69) is 69.2 Å². The molecule has 16 aliphatic heterocycles. The van der Waals surface area contributed by atoms with Crippen LogP contribution in [0.4, 0.5) is 0 Å². The zero-order valence-electron chi connectivity index (χ0n) is 68.2. The Balaban J connectivity index is 0.000000129. The number of rotatable bonds is 29. The van der Waals surface area contributed by atoms with E-state index in [1.807, 2.05) is 6.92 Å². The van der Waals surface area contributed by atoms with Gasteiger partial charge in [-0.1, -0.05) is 76.2 Å². The van der Waals surface area contributed by atoms with E-state index < -0.39 is 53.6 Å². The first kappa shape index (κ1) is 86.6. The topological polar surface area (TPSA) is 364 Å². The third-order valence-electron chi connectivity index (χ3n) is 29.5. The molecule has 0 aliphatic carbocycles. The third kappa shape index (κ3) is 17.9. The minimum absolute atomic E-state index is 0.0172. The number of carbonyl (C=O) groups is 6. The summed E-state index contributed by atoms with van der Waals surface area (Å²) in [6.45, 7) is 27.0. The number of carboxylic acids is 5. The summed E-state index contributed by atoms with van der Waals surface area (Å²) >= 11 is 0. The van der Waals surface area contributed by atoms with Crippen molar-refractivity contribution in [3.05, 3.63) is 0 Å². The van der Waals surface area contributed by atoms with Crippen molar-refractivity contribution in [2.45, 2.75) is 396 Å². The minimum Gasteiger partial charge on any atom is -0.481 e. The van der Waals surface area contributed by atoms with Crippen LogP contribution in [0.1, 0.15) is 244 Å². The molecule has 26 nitrogen and oxygen atoms in total. The van der Waals surface area contributed by atoms with Gasteiger partial charge in [-0.15, -0.1) is 0 Å². The Morgan fingerprint density at radius 2 is 0.748 bits per heavy atom. The molecule has 632 valence electrons. The second-order valence-electron chi connectivity index (χ2n) is 36.0. The molecule has 0 aromatic carbocycles. The molecule has 16 rings (SSSR count). The molecule has 16 aliphatic rings. The van der Waals surface area contributed by atoms with Gasteiger partial charge in [0.05, 0.1) is 171 Å². The number of aliphatic carboxylic acids is 5. The lowest BCUT2D eigenvalue weighted by atomic mass is 9.67. The van der Waals surface area contributed by atoms with Crippen LogP contribution in [0.15, 0.2) is 0 Å². The van der Waals surface area contributed by atoms with E-state index >= 15 is 0 Å². The molecule has 26 heteroatoms. The molecule has 41 unspecified atom stereocenters. The Kier molecular flexibility index (Phi) is 28.9. The highest BCUT2D eigenvalue weighted by molar-refractivity contribution is 5.71. The molecule has 16 heterocycles. The first-order valence-electron chi connectivity index (χ1n) is 43.6. The van der Waals surface area contributed by atoms with Crippen LogP contribution in [0, 0.1) is 94.7 Å². The fraction of sp³-hybridized carbons (Fsp3) is 0.929. The molecular weight excluding hydrogens is 1440 g/mol. The van der Waals surface area contributed by atoms with Gasteiger partial charge < -0.3 is 97.3 Å². The van der Waals surface area contributed by atoms with Gasteiger partial charge in [-0.3, -0.25) is 28.8 Å². The number of aliphatic hydroxyl groups excluding tert-OH is 1. The van der Waals surface area contributed by atoms with Crippen molar-refractivity contribution in [2.75, 3.05) is 6.61 Å². The summed E-state index contributed by atoms with van der Waals surface area (Å²) in [5.41, 5.74) is -1.16. The second-order valence-corrected chi connectivity index (χ2v) is 36.0. The Morgan fingerprint density at radius 1 is 0.414 bits per heavy atom. The molecule has 111 heavy (non-hydrogen) atoms. The summed E-state index contributed by atoms with van der Waals surface area (Å²) in [5, 5.41) is 65.8. The second kappa shape index (κ2) is 37.1. The maximum Gasteiger partial charge on any atom is 0.307 e. The van der Waals surface area contributed by atoms with Gasteiger partial charge in [-0.25, -0.2) is 0 Å². The molecule has 0 aromatic heterocycles. The van der Waals surface area contributed by atoms with Crippen LogP contribution in [-0.2, 0) is 90.3 Å². The van der Waals surface area contributed by atoms with Crippen LogP contribution in [0.2, 0.25) is 0 Å². The average Bonchev–Trinajstić information content (AvgIpc) is 1.60. The summed E-state index contributed by atoms with van der Waals surface area (Å²) in [4.78, 5) is 66.8. The van der Waals surface area contributed by atoms with Crippen LogP contribution >= 0.6 is 0 Å². The summed E-state index contributed by atoms with van der Waals surface area (Å²) in [6.07, 6.45) is 19.7. The van der Waals surface area contributed by atoms with E-state index in [1.165, 1.54) is 6.92 Å². The van der Waals surface area contributed by atoms with Crippen LogP contribution in [0.25, 0.3) is 0 Å². The van der Waals surface area contributed by atoms with Gasteiger partial charge in [0.2, 0.25) is 0 Å². The molecule has 16 fully saturated rings. The van der Waals surface area contributed by atoms with E-state index in [-0.39, 0.29) is 177 Å². The summed E-state index contributed by atoms with van der Waals surface area (Å²) < 4.78 is 79.4. The molecule has 0 saturated carbocycles. The number of carboxylic acid groups (broad SMARTS) is 5. The number of ether oxygens (including phenoxy) is 13. The molecule has 7 N–H and O–H groups in total. The van der Waals surface area contributed by atoms with Gasteiger partial charge in [0.15, 0.2) is 6.29 Å². The van der Waals surface area contributed by atoms with Crippen molar-refractivity contribution >= 4 is 35.8 Å². The van der Waals surface area contributed by atoms with E-state index in [4.69, 9.17) is 76.9 Å². The highest BCUT2D eigenvalue weighted by Gasteiger charge is 2.68. The lowest BCUT2D eigenvalue weighted by molar-refractivity contribution is -0.206. The van der Waals surface area contributed by atoms with Crippen LogP contribution in [-0.4, -0.2) is 230 Å². The minimum atomic E-state index is -1.16. The van der Waals surface area contributed by atoms with Crippen molar-refractivity contribution in [3.63, 3.8) is 0 Å². The quantitative estimate of drug-likeness (QED) is 0.0342. The lowest BCUT2D eigenvalue weighted by Crippen LogP contribution is -2.44. The van der Waals surface area contributed by atoms with Gasteiger partial charge >= 0.3 is 35.8 Å². The van der Waals surface area contributed by atoms with Crippen molar-refractivity contribution in [1.29, 1.82) is 0 Å². The molecule has 16 saturated heterocycles. The molecule has 0 amide bonds. The standard InChI is InChI=1S/C20H32O6.C17H26O6.C17H28O5.C16H26O5.C15H24O4/c1-3-12-18-15-9-11(20(26-15)19(18)13(4-2)24-12)14(10-16(21)22)25-17-7-5-6-8-23-17;1-4-10-15-13-6-9(12(7-14(19)20)21-8(3)18)17(23-13)16(15)11(5-2)22-10;1-4-10-14-12-6-9(7-17(3,20)8-13(18)19)16(22-12)15(14)11(5-2)21-10;1-3-10-14-12-6-8(5-9(17)7-13(18)19)16(21-12)15(14)11(4-2)20-10;1-4-9-12-11-6-8(7(3)15(16)17)14(19-11)13(12)10(5-2)18-9/h11-15,17-20H,3-10H2,1-2H3,(H,21,22);9-13,15-17H,4-7H2,1-3H3,(H,19,20);9-12,14-16,20H,4-8H2,1-3H3,(H,18,19);8-12,14-17H,3-7H2,1-2H3,(H,18,19);7-14H,4-6H2,1-3H3,(H,16,17). The van der Waals surface area contributed by atoms with Crippen molar-refractivity contribution < 1.29 is 126 Å². The summed E-state index contributed by atoms with van der Waals surface area (Å²) in [7, 11) is 0. The predicted octanol–water partition coefficient (Wildman–Crippen LogP) is 11.3. The van der Waals surface area contributed by atoms with Crippen molar-refractivity contribution in [2.24, 2.45) is 94.7 Å². The van der Waals surface area contributed by atoms with Crippen LogP contribution in [0.5, 0.6) is 0 Å². The molecule has 41 atom stereocenters. The maximum absolute atomic E-state index is 11.5. The fourth-order valence-electron chi connectivity index (χ4n) is 25.4. The maximum atomic E-state index is 11.5. The largest absolute Gasteiger partial charge is 0.481 e. The normalized spacial score (nSPS) is 45.6. The molecule has 10 bridgehead atoms. The van der Waals surface area contributed by atoms with E-state index in [9.17, 15) is 49.2 Å². The molecule has 0 spiro atoms. The van der Waals surface area contributed by atoms with Crippen molar-refractivity contribution in [1.82, 2.24) is 0 Å². The number of esters is 1. The zero-order valence-corrected chi connectivity index (χ0v) is 68.2. The molecule has 0 aromatic rings. The predicted molar refractivity (Wildman–Crippen MR) is 401 cm³/mol. The Labute approximate surface area is 656 Å². The van der Waals surface area contributed by atoms with Gasteiger partial charge in [0, 0.05) is 90.5 Å². The van der Waals surface area contributed by atoms with E-state index in [1.54, 1.807) is 6.92 Å². The Morgan fingerprint density at radius 3 is 1.11 bits per heavy atom. The Bertz CT molecular complexity index is 3090. The average molecular weight is 1570 g/mol. The highest BCUT2D eigenvalue weighted by Crippen LogP contribution is 2.62. The molecule has 0 radical (unpaired) electrons. The van der Waals surface area contributed by atoms with Gasteiger partial charge in [-0.05, 0) is 147 Å². The zero-order chi connectivity index (χ0) is 79.9. The Hall–Kier alpha value is -3.74. The smallest absolute Gasteiger partial charge is 0.307 e. The van der Waals surface area contributed by atoms with E-state index in [0.717, 1.165) is 116 Å². The van der Waals surface area contributed by atoms with E-state index in [0.29, 0.717) is 96.9 Å². The number of fused-ring (bicyclic) bond motifs is 25. The van der Waals surface area contributed by atoms with Crippen molar-refractivity contribution in [3.8, 4) is 0 Å². The van der Waals surface area contributed by atoms with Gasteiger partial charge in [0.1, 0.15) is 6.10 Å². The highest BCUT2D eigenvalue weighted by atomic mass is 16.7. The van der Waals surface area contributed by atoms with Crippen LogP contribution in [0.3, 0.4) is 0 Å². The summed E-state index contributed by atoms with van der Waals surface area (Å²) in [5.74, 6) is -0.0603. The first-order chi connectivity index (χ1) is 53.1. The third-order valence-corrected chi connectivity index (χ3v) is 29.5. The number of hydrogen-bond acceptors (Lipinski definition) is 21. The number of carbonyl (C=O) groups excluding carboxylic acids is 1. The van der Waals surface area contributed by atoms with Gasteiger partial charge in [-0.2, -0.15) is 0 Å². The monoisotopic (exact) mass is 1570 g/mol. The lowest BCUT2D eigenvalue weighted by Gasteiger charge is -2.36. The first-order valence-corrected chi connectivity index (χ1v) is 43.6. The fourth-order valence-corrected chi connectivity index (χ4v) is 25.4. The SMILES string of the molecule is CCC1OC(CC)C2C3OC(CC3C(C)C(=O)O)C12.CCC1OC(CC)C2C3OC(CC3C(CC(=O)O)OC(C)=O)C12.CCC1OC(CC)C2C3OC(CC3C(CC(=O)O)OC3CCCCO3)C12.CCC1OC(CC)C2C3OC(CC3CC(C)(O)CC(=O)O)C12.CCC1OC(CC)C2C3OC(CC3CC(O)CC(=O)O)C12. The molecular formula is C85H136O26.